The molecule has 0 aliphatic rings. The average molecular weight is 375 g/mol. The lowest BCUT2D eigenvalue weighted by atomic mass is 9.84. The zero-order valence-electron chi connectivity index (χ0n) is 16.6. The molecule has 0 radical (unpaired) electrons. The molecule has 0 bridgehead atoms. The number of ether oxygens (including phenoxy) is 1. The molecule has 0 spiro atoms. The summed E-state index contributed by atoms with van der Waals surface area (Å²) in [5.41, 5.74) is 2.37. The standard InChI is InChI=1S/C20H30N4OS/c1-14(2)17-12-26-18(24-17)11-22-19(21-5)23-13-20(3,4)15-7-9-16(25-6)10-8-15/h7-10,12,14H,11,13H2,1-6H3,(H2,21,22,23). The fraction of sp³-hybridized carbons (Fsp3) is 0.500. The molecule has 2 aromatic rings. The number of guanidine groups is 1. The van der Waals surface area contributed by atoms with Gasteiger partial charge in [-0.05, 0) is 23.6 Å². The number of benzene rings is 1. The summed E-state index contributed by atoms with van der Waals surface area (Å²) in [6, 6.07) is 8.22. The normalized spacial score (nSPS) is 12.3. The number of hydrogen-bond acceptors (Lipinski definition) is 4. The van der Waals surface area contributed by atoms with Gasteiger partial charge in [0.2, 0.25) is 0 Å². The smallest absolute Gasteiger partial charge is 0.191 e. The molecule has 1 heterocycles. The molecule has 0 fully saturated rings. The molecular weight excluding hydrogens is 344 g/mol. The van der Waals surface area contributed by atoms with E-state index in [4.69, 9.17) is 4.74 Å². The Morgan fingerprint density at radius 3 is 2.46 bits per heavy atom. The number of methoxy groups -OCH3 is 1. The second-order valence-electron chi connectivity index (χ2n) is 7.21. The molecule has 5 nitrogen and oxygen atoms in total. The number of hydrogen-bond donors (Lipinski definition) is 2. The van der Waals surface area contributed by atoms with Crippen LogP contribution in [0.15, 0.2) is 34.6 Å². The van der Waals surface area contributed by atoms with Gasteiger partial charge in [0.1, 0.15) is 10.8 Å². The van der Waals surface area contributed by atoms with Gasteiger partial charge in [0.25, 0.3) is 0 Å². The first-order valence-corrected chi connectivity index (χ1v) is 9.77. The zero-order chi connectivity index (χ0) is 19.2. The lowest BCUT2D eigenvalue weighted by Gasteiger charge is -2.27. The van der Waals surface area contributed by atoms with Gasteiger partial charge in [0.05, 0.1) is 19.3 Å². The van der Waals surface area contributed by atoms with Crippen molar-refractivity contribution in [2.24, 2.45) is 4.99 Å². The summed E-state index contributed by atoms with van der Waals surface area (Å²) in [5.74, 6) is 2.12. The molecule has 0 unspecified atom stereocenters. The predicted molar refractivity (Wildman–Crippen MR) is 110 cm³/mol. The topological polar surface area (TPSA) is 58.5 Å². The average Bonchev–Trinajstić information content (AvgIpc) is 3.11. The molecule has 6 heteroatoms. The van der Waals surface area contributed by atoms with Gasteiger partial charge in [-0.2, -0.15) is 0 Å². The van der Waals surface area contributed by atoms with Crippen molar-refractivity contribution in [3.63, 3.8) is 0 Å². The van der Waals surface area contributed by atoms with E-state index in [9.17, 15) is 0 Å². The Morgan fingerprint density at radius 1 is 1.23 bits per heavy atom. The van der Waals surface area contributed by atoms with Crippen molar-refractivity contribution in [3.05, 3.63) is 45.9 Å². The van der Waals surface area contributed by atoms with E-state index in [1.165, 1.54) is 5.56 Å². The SMILES string of the molecule is CN=C(NCc1nc(C(C)C)cs1)NCC(C)(C)c1ccc(OC)cc1. The Kier molecular flexibility index (Phi) is 7.03. The molecule has 2 rings (SSSR count). The van der Waals surface area contributed by atoms with Crippen molar-refractivity contribution in [1.82, 2.24) is 15.6 Å². The maximum Gasteiger partial charge on any atom is 0.191 e. The summed E-state index contributed by atoms with van der Waals surface area (Å²) in [6.07, 6.45) is 0. The quantitative estimate of drug-likeness (QED) is 0.570. The van der Waals surface area contributed by atoms with Crippen molar-refractivity contribution in [3.8, 4) is 5.75 Å². The first-order valence-electron chi connectivity index (χ1n) is 8.89. The lowest BCUT2D eigenvalue weighted by Crippen LogP contribution is -2.43. The fourth-order valence-electron chi connectivity index (χ4n) is 2.50. The third-order valence-electron chi connectivity index (χ3n) is 4.36. The van der Waals surface area contributed by atoms with Gasteiger partial charge in [-0.15, -0.1) is 11.3 Å². The Morgan fingerprint density at radius 2 is 1.92 bits per heavy atom. The minimum atomic E-state index is -0.0319. The molecule has 1 aromatic carbocycles. The minimum absolute atomic E-state index is 0.0319. The van der Waals surface area contributed by atoms with Crippen LogP contribution in [0.3, 0.4) is 0 Å². The first kappa shape index (κ1) is 20.2. The monoisotopic (exact) mass is 374 g/mol. The van der Waals surface area contributed by atoms with Crippen LogP contribution in [0.1, 0.15) is 49.9 Å². The maximum absolute atomic E-state index is 5.24. The minimum Gasteiger partial charge on any atom is -0.497 e. The van der Waals surface area contributed by atoms with Crippen LogP contribution in [0.5, 0.6) is 5.75 Å². The highest BCUT2D eigenvalue weighted by molar-refractivity contribution is 7.09. The van der Waals surface area contributed by atoms with Gasteiger partial charge in [-0.3, -0.25) is 4.99 Å². The van der Waals surface area contributed by atoms with E-state index in [2.05, 4.69) is 65.8 Å². The van der Waals surface area contributed by atoms with Crippen LogP contribution in [0.4, 0.5) is 0 Å². The fourth-order valence-corrected chi connectivity index (χ4v) is 3.40. The number of thiazole rings is 1. The second-order valence-corrected chi connectivity index (χ2v) is 8.16. The highest BCUT2D eigenvalue weighted by Gasteiger charge is 2.21. The Bertz CT molecular complexity index is 720. The van der Waals surface area contributed by atoms with Crippen LogP contribution in [-0.2, 0) is 12.0 Å². The predicted octanol–water partition coefficient (Wildman–Crippen LogP) is 3.92. The van der Waals surface area contributed by atoms with Gasteiger partial charge in [-0.25, -0.2) is 4.98 Å². The van der Waals surface area contributed by atoms with E-state index >= 15 is 0 Å². The number of aliphatic imine (C=N–C) groups is 1. The summed E-state index contributed by atoms with van der Waals surface area (Å²) < 4.78 is 5.24. The number of nitrogens with zero attached hydrogens (tertiary/aromatic N) is 2. The highest BCUT2D eigenvalue weighted by atomic mass is 32.1. The zero-order valence-corrected chi connectivity index (χ0v) is 17.4. The molecule has 26 heavy (non-hydrogen) atoms. The first-order chi connectivity index (χ1) is 12.4. The molecule has 1 aromatic heterocycles. The molecule has 2 N–H and O–H groups in total. The summed E-state index contributed by atoms with van der Waals surface area (Å²) in [6.45, 7) is 10.2. The van der Waals surface area contributed by atoms with E-state index in [1.807, 2.05) is 12.1 Å². The van der Waals surface area contributed by atoms with Crippen LogP contribution < -0.4 is 15.4 Å². The summed E-state index contributed by atoms with van der Waals surface area (Å²) in [7, 11) is 3.47. The highest BCUT2D eigenvalue weighted by Crippen LogP contribution is 2.24. The van der Waals surface area contributed by atoms with Gasteiger partial charge in [0.15, 0.2) is 5.96 Å². The molecule has 0 atom stereocenters. The molecule has 0 saturated carbocycles. The molecule has 142 valence electrons. The molecule has 0 saturated heterocycles. The van der Waals surface area contributed by atoms with Crippen molar-refractivity contribution in [2.45, 2.75) is 45.6 Å². The van der Waals surface area contributed by atoms with E-state index in [0.717, 1.165) is 29.0 Å². The number of aromatic nitrogens is 1. The van der Waals surface area contributed by atoms with E-state index in [1.54, 1.807) is 25.5 Å². The van der Waals surface area contributed by atoms with E-state index in [0.29, 0.717) is 12.5 Å². The summed E-state index contributed by atoms with van der Waals surface area (Å²) in [4.78, 5) is 8.97. The van der Waals surface area contributed by atoms with Crippen molar-refractivity contribution in [1.29, 1.82) is 0 Å². The van der Waals surface area contributed by atoms with Gasteiger partial charge < -0.3 is 15.4 Å². The Labute approximate surface area is 160 Å². The number of rotatable bonds is 7. The van der Waals surface area contributed by atoms with Crippen molar-refractivity contribution < 1.29 is 4.74 Å². The van der Waals surface area contributed by atoms with Crippen molar-refractivity contribution in [2.75, 3.05) is 20.7 Å². The van der Waals surface area contributed by atoms with Gasteiger partial charge in [-0.1, -0.05) is 39.8 Å². The van der Waals surface area contributed by atoms with Gasteiger partial charge in [0, 0.05) is 24.4 Å². The summed E-state index contributed by atoms with van der Waals surface area (Å²) >= 11 is 1.69. The largest absolute Gasteiger partial charge is 0.497 e. The molecular formula is C20H30N4OS. The summed E-state index contributed by atoms with van der Waals surface area (Å²) in [5, 5.41) is 9.97. The van der Waals surface area contributed by atoms with Crippen LogP contribution in [-0.4, -0.2) is 31.6 Å². The van der Waals surface area contributed by atoms with E-state index in [-0.39, 0.29) is 5.41 Å². The van der Waals surface area contributed by atoms with Crippen LogP contribution in [0.2, 0.25) is 0 Å². The lowest BCUT2D eigenvalue weighted by molar-refractivity contribution is 0.414. The molecule has 0 aliphatic heterocycles. The van der Waals surface area contributed by atoms with Crippen molar-refractivity contribution >= 4 is 17.3 Å². The Balaban J connectivity index is 1.90. The van der Waals surface area contributed by atoms with Crippen LogP contribution in [0, 0.1) is 0 Å². The van der Waals surface area contributed by atoms with Gasteiger partial charge >= 0.3 is 0 Å². The van der Waals surface area contributed by atoms with Crippen LogP contribution in [0.25, 0.3) is 0 Å². The Hall–Kier alpha value is -2.08. The van der Waals surface area contributed by atoms with Crippen LogP contribution >= 0.6 is 11.3 Å². The second kappa shape index (κ2) is 9.03. The molecule has 0 amide bonds. The third-order valence-corrected chi connectivity index (χ3v) is 5.23. The molecule has 0 aliphatic carbocycles. The van der Waals surface area contributed by atoms with E-state index < -0.39 is 0 Å². The third kappa shape index (κ3) is 5.46. The number of nitrogens with one attached hydrogen (secondary N) is 2. The maximum atomic E-state index is 5.24.